The van der Waals surface area contributed by atoms with Crippen LogP contribution in [-0.4, -0.2) is 68.6 Å². The molecule has 0 aliphatic carbocycles. The van der Waals surface area contributed by atoms with E-state index >= 15 is 0 Å². The molecule has 1 aromatic heterocycles. The van der Waals surface area contributed by atoms with Gasteiger partial charge in [0.05, 0.1) is 12.2 Å². The van der Waals surface area contributed by atoms with Gasteiger partial charge in [-0.05, 0) is 12.8 Å². The van der Waals surface area contributed by atoms with Gasteiger partial charge < -0.3 is 30.7 Å². The highest BCUT2D eigenvalue weighted by Crippen LogP contribution is 2.28. The summed E-state index contributed by atoms with van der Waals surface area (Å²) in [6, 6.07) is -1.86. The number of nitrogens with one attached hydrogen (secondary N) is 2. The first kappa shape index (κ1) is 26.7. The molecule has 176 valence electrons. The van der Waals surface area contributed by atoms with Crippen molar-refractivity contribution in [3.63, 3.8) is 0 Å². The van der Waals surface area contributed by atoms with Crippen molar-refractivity contribution < 1.29 is 33.7 Å². The standard InChI is InChI=1S/C17H25FN4O8.ClH/c1-6(2)10(19)14(26)20-7(3)16(27)29-5-9-11(23)12(24)15(30-9)22-4-8(18)13(25)21-17(22)28;/h4,6-7,9-12,15,23-24H,5,19H2,1-3H3,(H,20,26)(H,21,25,28);1H/t7-,9+,10-,11+,12+,15+;/m0./s1. The number of esters is 1. The predicted octanol–water partition coefficient (Wildman–Crippen LogP) is -2.25. The fourth-order valence-electron chi connectivity index (χ4n) is 2.71. The van der Waals surface area contributed by atoms with Gasteiger partial charge in [0.1, 0.15) is 31.0 Å². The Labute approximate surface area is 181 Å². The maximum Gasteiger partial charge on any atom is 0.330 e. The van der Waals surface area contributed by atoms with Crippen LogP contribution in [0.3, 0.4) is 0 Å². The van der Waals surface area contributed by atoms with E-state index in [0.717, 1.165) is 0 Å². The van der Waals surface area contributed by atoms with Crippen LogP contribution in [0, 0.1) is 11.7 Å². The molecule has 1 fully saturated rings. The van der Waals surface area contributed by atoms with E-state index in [1.165, 1.54) is 6.92 Å². The number of amides is 1. The Morgan fingerprint density at radius 1 is 1.32 bits per heavy atom. The average molecular weight is 469 g/mol. The van der Waals surface area contributed by atoms with Crippen LogP contribution in [-0.2, 0) is 19.1 Å². The number of aliphatic hydroxyl groups is 2. The molecule has 0 saturated carbocycles. The first-order valence-corrected chi connectivity index (χ1v) is 9.19. The molecule has 0 unspecified atom stereocenters. The Morgan fingerprint density at radius 2 is 1.94 bits per heavy atom. The Morgan fingerprint density at radius 3 is 2.52 bits per heavy atom. The van der Waals surface area contributed by atoms with E-state index < -0.39 is 72.2 Å². The van der Waals surface area contributed by atoms with Gasteiger partial charge in [0.2, 0.25) is 11.7 Å². The number of nitrogens with two attached hydrogens (primary N) is 1. The van der Waals surface area contributed by atoms with Crippen molar-refractivity contribution in [3.05, 3.63) is 32.9 Å². The number of aromatic amines is 1. The van der Waals surface area contributed by atoms with E-state index in [-0.39, 0.29) is 18.3 Å². The van der Waals surface area contributed by atoms with Crippen LogP contribution in [0.15, 0.2) is 15.8 Å². The lowest BCUT2D eigenvalue weighted by molar-refractivity contribution is -0.153. The number of nitrogens with zero attached hydrogens (tertiary/aromatic N) is 1. The number of halogens is 2. The van der Waals surface area contributed by atoms with Crippen LogP contribution in [0.4, 0.5) is 4.39 Å². The van der Waals surface area contributed by atoms with Crippen molar-refractivity contribution in [2.24, 2.45) is 11.7 Å². The summed E-state index contributed by atoms with van der Waals surface area (Å²) < 4.78 is 24.4. The molecule has 6 atom stereocenters. The molecule has 1 aliphatic heterocycles. The Bertz CT molecular complexity index is 907. The van der Waals surface area contributed by atoms with Crippen molar-refractivity contribution >= 4 is 24.3 Å². The summed E-state index contributed by atoms with van der Waals surface area (Å²) in [4.78, 5) is 48.6. The van der Waals surface area contributed by atoms with E-state index in [9.17, 15) is 33.8 Å². The molecule has 1 aromatic rings. The molecule has 0 aromatic carbocycles. The highest BCUT2D eigenvalue weighted by molar-refractivity contribution is 5.87. The lowest BCUT2D eigenvalue weighted by atomic mass is 10.0. The largest absolute Gasteiger partial charge is 0.461 e. The van der Waals surface area contributed by atoms with Gasteiger partial charge in [-0.1, -0.05) is 13.8 Å². The normalized spacial score (nSPS) is 24.9. The van der Waals surface area contributed by atoms with Gasteiger partial charge in [0, 0.05) is 0 Å². The minimum absolute atomic E-state index is 0. The summed E-state index contributed by atoms with van der Waals surface area (Å²) in [5.74, 6) is -2.82. The molecule has 12 nitrogen and oxygen atoms in total. The van der Waals surface area contributed by atoms with Crippen LogP contribution < -0.4 is 22.3 Å². The maximum atomic E-state index is 13.5. The predicted molar refractivity (Wildman–Crippen MR) is 106 cm³/mol. The topological polar surface area (TPSA) is 186 Å². The SMILES string of the molecule is CC(C)[C@H](N)C(=O)N[C@@H](C)C(=O)OC[C@H]1O[C@@H](n2cc(F)c(=O)[nH]c2=O)[C@H](O)[C@@H]1O.Cl. The molecule has 31 heavy (non-hydrogen) atoms. The summed E-state index contributed by atoms with van der Waals surface area (Å²) >= 11 is 0. The number of aromatic nitrogens is 2. The molecule has 0 spiro atoms. The summed E-state index contributed by atoms with van der Waals surface area (Å²) in [6.07, 6.45) is -5.49. The van der Waals surface area contributed by atoms with Crippen LogP contribution in [0.2, 0.25) is 0 Å². The molecule has 6 N–H and O–H groups in total. The van der Waals surface area contributed by atoms with E-state index in [0.29, 0.717) is 10.8 Å². The maximum absolute atomic E-state index is 13.5. The second-order valence-electron chi connectivity index (χ2n) is 7.32. The summed E-state index contributed by atoms with van der Waals surface area (Å²) in [5, 5.41) is 22.6. The molecule has 14 heteroatoms. The summed E-state index contributed by atoms with van der Waals surface area (Å²) in [5.41, 5.74) is 3.39. The van der Waals surface area contributed by atoms with Gasteiger partial charge in [-0.15, -0.1) is 12.4 Å². The average Bonchev–Trinajstić information content (AvgIpc) is 2.96. The fourth-order valence-corrected chi connectivity index (χ4v) is 2.71. The number of carbonyl (C=O) groups is 2. The number of H-pyrrole nitrogens is 1. The smallest absolute Gasteiger partial charge is 0.330 e. The van der Waals surface area contributed by atoms with E-state index in [1.54, 1.807) is 18.8 Å². The number of ether oxygens (including phenoxy) is 2. The third-order valence-corrected chi connectivity index (χ3v) is 4.66. The van der Waals surface area contributed by atoms with Crippen LogP contribution in [0.5, 0.6) is 0 Å². The number of aliphatic hydroxyl groups excluding tert-OH is 2. The minimum atomic E-state index is -1.67. The molecule has 1 aliphatic rings. The van der Waals surface area contributed by atoms with Gasteiger partial charge in [0.25, 0.3) is 5.56 Å². The third kappa shape index (κ3) is 6.11. The van der Waals surface area contributed by atoms with Crippen molar-refractivity contribution in [2.75, 3.05) is 6.61 Å². The molecule has 1 amide bonds. The zero-order valence-electron chi connectivity index (χ0n) is 17.0. The second kappa shape index (κ2) is 10.8. The Kier molecular flexibility index (Phi) is 9.32. The van der Waals surface area contributed by atoms with Gasteiger partial charge in [-0.25, -0.2) is 9.59 Å². The van der Waals surface area contributed by atoms with Gasteiger partial charge >= 0.3 is 11.7 Å². The van der Waals surface area contributed by atoms with Crippen LogP contribution in [0.25, 0.3) is 0 Å². The number of hydrogen-bond acceptors (Lipinski definition) is 9. The zero-order valence-corrected chi connectivity index (χ0v) is 17.8. The van der Waals surface area contributed by atoms with Crippen molar-refractivity contribution in [2.45, 2.75) is 57.4 Å². The van der Waals surface area contributed by atoms with Gasteiger partial charge in [-0.3, -0.25) is 19.1 Å². The van der Waals surface area contributed by atoms with Crippen molar-refractivity contribution in [1.82, 2.24) is 14.9 Å². The fraction of sp³-hybridized carbons (Fsp3) is 0.647. The number of hydrogen-bond donors (Lipinski definition) is 5. The van der Waals surface area contributed by atoms with Gasteiger partial charge in [-0.2, -0.15) is 4.39 Å². The monoisotopic (exact) mass is 468 g/mol. The first-order valence-electron chi connectivity index (χ1n) is 9.19. The molecular formula is C17H26ClFN4O8. The van der Waals surface area contributed by atoms with E-state index in [2.05, 4.69) is 5.32 Å². The third-order valence-electron chi connectivity index (χ3n) is 4.66. The molecule has 1 saturated heterocycles. The molecular weight excluding hydrogens is 443 g/mol. The quantitative estimate of drug-likeness (QED) is 0.275. The summed E-state index contributed by atoms with van der Waals surface area (Å²) in [6.45, 7) is 4.34. The van der Waals surface area contributed by atoms with Crippen molar-refractivity contribution in [3.8, 4) is 0 Å². The highest BCUT2D eigenvalue weighted by Gasteiger charge is 2.45. The number of rotatable bonds is 7. The van der Waals surface area contributed by atoms with Gasteiger partial charge in [0.15, 0.2) is 6.23 Å². The van der Waals surface area contributed by atoms with Crippen LogP contribution in [0.1, 0.15) is 27.0 Å². The van der Waals surface area contributed by atoms with Crippen LogP contribution >= 0.6 is 12.4 Å². The molecule has 0 radical (unpaired) electrons. The first-order chi connectivity index (χ1) is 13.9. The summed E-state index contributed by atoms with van der Waals surface area (Å²) in [7, 11) is 0. The lowest BCUT2D eigenvalue weighted by Gasteiger charge is -2.20. The molecule has 2 heterocycles. The van der Waals surface area contributed by atoms with E-state index in [4.69, 9.17) is 15.2 Å². The zero-order chi connectivity index (χ0) is 22.7. The molecule has 0 bridgehead atoms. The highest BCUT2D eigenvalue weighted by atomic mass is 35.5. The molecule has 2 rings (SSSR count). The second-order valence-corrected chi connectivity index (χ2v) is 7.32. The van der Waals surface area contributed by atoms with E-state index in [1.807, 2.05) is 0 Å². The Hall–Kier alpha value is -2.32. The van der Waals surface area contributed by atoms with Crippen molar-refractivity contribution in [1.29, 1.82) is 0 Å². The lowest BCUT2D eigenvalue weighted by Crippen LogP contribution is -2.50. The number of carbonyl (C=O) groups excluding carboxylic acids is 2. The minimum Gasteiger partial charge on any atom is -0.461 e. The Balaban J connectivity index is 0.00000480.